The van der Waals surface area contributed by atoms with Gasteiger partial charge in [-0.15, -0.1) is 11.3 Å². The van der Waals surface area contributed by atoms with Crippen LogP contribution in [0, 0.1) is 12.7 Å². The summed E-state index contributed by atoms with van der Waals surface area (Å²) in [5, 5.41) is 11.2. The van der Waals surface area contributed by atoms with Crippen LogP contribution in [-0.4, -0.2) is 16.1 Å². The number of aliphatic carboxylic acids is 1. The van der Waals surface area contributed by atoms with E-state index in [1.54, 1.807) is 6.07 Å². The summed E-state index contributed by atoms with van der Waals surface area (Å²) in [7, 11) is 0. The lowest BCUT2D eigenvalue weighted by atomic mass is 10.2. The van der Waals surface area contributed by atoms with Gasteiger partial charge in [-0.3, -0.25) is 0 Å². The van der Waals surface area contributed by atoms with E-state index in [-0.39, 0.29) is 12.4 Å². The van der Waals surface area contributed by atoms with Crippen LogP contribution in [0.2, 0.25) is 0 Å². The first-order valence-electron chi connectivity index (χ1n) is 5.79. The van der Waals surface area contributed by atoms with Gasteiger partial charge in [0.25, 0.3) is 0 Å². The van der Waals surface area contributed by atoms with Crippen LogP contribution in [0.25, 0.3) is 6.08 Å². The second-order valence-corrected chi connectivity index (χ2v) is 4.98. The van der Waals surface area contributed by atoms with E-state index in [1.165, 1.54) is 29.5 Å². The lowest BCUT2D eigenvalue weighted by Gasteiger charge is -2.06. The summed E-state index contributed by atoms with van der Waals surface area (Å²) in [6.45, 7) is 2.09. The lowest BCUT2D eigenvalue weighted by Crippen LogP contribution is -1.97. The molecule has 1 N–H and O–H groups in total. The van der Waals surface area contributed by atoms with Crippen LogP contribution in [-0.2, 0) is 11.4 Å². The van der Waals surface area contributed by atoms with Crippen LogP contribution in [0.15, 0.2) is 29.7 Å². The van der Waals surface area contributed by atoms with Gasteiger partial charge in [0.2, 0.25) is 0 Å². The first kappa shape index (κ1) is 14.2. The third-order valence-electron chi connectivity index (χ3n) is 2.39. The molecule has 6 heteroatoms. The Morgan fingerprint density at radius 2 is 2.35 bits per heavy atom. The van der Waals surface area contributed by atoms with Crippen LogP contribution >= 0.6 is 11.3 Å². The standard InChI is InChI=1S/C14H12FNO3S/c1-9-8-20-13(16-9)7-19-12-4-2-10(6-11(12)15)3-5-14(17)18/h2-6,8H,7H2,1H3,(H,17,18)/b5-3+. The predicted molar refractivity (Wildman–Crippen MR) is 74.3 cm³/mol. The molecule has 1 heterocycles. The normalized spacial score (nSPS) is 10.9. The number of ether oxygens (including phenoxy) is 1. The molecule has 1 aromatic carbocycles. The number of aromatic nitrogens is 1. The Labute approximate surface area is 119 Å². The zero-order valence-corrected chi connectivity index (χ0v) is 11.5. The van der Waals surface area contributed by atoms with Gasteiger partial charge in [0.15, 0.2) is 11.6 Å². The van der Waals surface area contributed by atoms with E-state index in [1.807, 2.05) is 12.3 Å². The lowest BCUT2D eigenvalue weighted by molar-refractivity contribution is -0.131. The Kier molecular flexibility index (Phi) is 4.47. The van der Waals surface area contributed by atoms with Gasteiger partial charge in [0.05, 0.1) is 0 Å². The highest BCUT2D eigenvalue weighted by atomic mass is 32.1. The van der Waals surface area contributed by atoms with E-state index >= 15 is 0 Å². The topological polar surface area (TPSA) is 59.4 Å². The highest BCUT2D eigenvalue weighted by Crippen LogP contribution is 2.21. The fraction of sp³-hybridized carbons (Fsp3) is 0.143. The van der Waals surface area contributed by atoms with Gasteiger partial charge in [-0.1, -0.05) is 6.07 Å². The van der Waals surface area contributed by atoms with E-state index in [2.05, 4.69) is 4.98 Å². The quantitative estimate of drug-likeness (QED) is 0.860. The number of carboxylic acids is 1. The summed E-state index contributed by atoms with van der Waals surface area (Å²) in [4.78, 5) is 14.6. The number of thiazole rings is 1. The second kappa shape index (κ2) is 6.29. The van der Waals surface area contributed by atoms with Gasteiger partial charge in [0, 0.05) is 17.2 Å². The van der Waals surface area contributed by atoms with E-state index in [0.717, 1.165) is 16.8 Å². The van der Waals surface area contributed by atoms with Crippen molar-refractivity contribution >= 4 is 23.4 Å². The van der Waals surface area contributed by atoms with Gasteiger partial charge in [0.1, 0.15) is 11.6 Å². The van der Waals surface area contributed by atoms with E-state index < -0.39 is 11.8 Å². The molecule has 0 spiro atoms. The van der Waals surface area contributed by atoms with Gasteiger partial charge in [-0.2, -0.15) is 0 Å². The minimum atomic E-state index is -1.08. The molecule has 0 aliphatic rings. The van der Waals surface area contributed by atoms with Crippen LogP contribution in [0.1, 0.15) is 16.3 Å². The third kappa shape index (κ3) is 3.89. The second-order valence-electron chi connectivity index (χ2n) is 4.03. The highest BCUT2D eigenvalue weighted by Gasteiger charge is 2.06. The number of carbonyl (C=O) groups is 1. The van der Waals surface area contributed by atoms with Crippen molar-refractivity contribution in [2.45, 2.75) is 13.5 Å². The van der Waals surface area contributed by atoms with Crippen LogP contribution in [0.4, 0.5) is 4.39 Å². The van der Waals surface area contributed by atoms with E-state index in [9.17, 15) is 9.18 Å². The monoisotopic (exact) mass is 293 g/mol. The number of rotatable bonds is 5. The summed E-state index contributed by atoms with van der Waals surface area (Å²) < 4.78 is 19.1. The average Bonchev–Trinajstić information content (AvgIpc) is 2.81. The van der Waals surface area contributed by atoms with E-state index in [0.29, 0.717) is 5.56 Å². The molecule has 0 unspecified atom stereocenters. The Balaban J connectivity index is 2.04. The number of halogens is 1. The van der Waals surface area contributed by atoms with Crippen molar-refractivity contribution in [3.05, 3.63) is 51.7 Å². The van der Waals surface area contributed by atoms with Crippen molar-refractivity contribution in [2.75, 3.05) is 0 Å². The van der Waals surface area contributed by atoms with Crippen molar-refractivity contribution in [1.82, 2.24) is 4.98 Å². The minimum absolute atomic E-state index is 0.116. The van der Waals surface area contributed by atoms with Gasteiger partial charge in [-0.25, -0.2) is 14.2 Å². The molecular formula is C14H12FNO3S. The zero-order valence-electron chi connectivity index (χ0n) is 10.7. The molecular weight excluding hydrogens is 281 g/mol. The molecule has 4 nitrogen and oxygen atoms in total. The van der Waals surface area contributed by atoms with Crippen LogP contribution < -0.4 is 4.74 Å². The summed E-state index contributed by atoms with van der Waals surface area (Å²) in [5.74, 6) is -1.50. The molecule has 0 aliphatic carbocycles. The molecule has 0 saturated heterocycles. The maximum Gasteiger partial charge on any atom is 0.328 e. The Bertz CT molecular complexity index is 652. The molecule has 20 heavy (non-hydrogen) atoms. The molecule has 1 aromatic heterocycles. The average molecular weight is 293 g/mol. The maximum atomic E-state index is 13.8. The van der Waals surface area contributed by atoms with E-state index in [4.69, 9.17) is 9.84 Å². The number of carboxylic acid groups (broad SMARTS) is 1. The molecule has 0 fully saturated rings. The summed E-state index contributed by atoms with van der Waals surface area (Å²) >= 11 is 1.45. The molecule has 0 radical (unpaired) electrons. The predicted octanol–water partition coefficient (Wildman–Crippen LogP) is 3.27. The summed E-state index contributed by atoms with van der Waals surface area (Å²) in [6.07, 6.45) is 2.27. The fourth-order valence-electron chi connectivity index (χ4n) is 1.51. The maximum absolute atomic E-state index is 13.8. The third-order valence-corrected chi connectivity index (χ3v) is 3.33. The van der Waals surface area contributed by atoms with Gasteiger partial charge >= 0.3 is 5.97 Å². The van der Waals surface area contributed by atoms with Crippen molar-refractivity contribution in [3.63, 3.8) is 0 Å². The van der Waals surface area contributed by atoms with Crippen molar-refractivity contribution in [3.8, 4) is 5.75 Å². The molecule has 0 bridgehead atoms. The molecule has 104 valence electrons. The molecule has 0 aliphatic heterocycles. The number of hydrogen-bond acceptors (Lipinski definition) is 4. The minimum Gasteiger partial charge on any atom is -0.483 e. The Morgan fingerprint density at radius 1 is 1.55 bits per heavy atom. The van der Waals surface area contributed by atoms with Gasteiger partial charge < -0.3 is 9.84 Å². The number of nitrogens with zero attached hydrogens (tertiary/aromatic N) is 1. The largest absolute Gasteiger partial charge is 0.483 e. The molecule has 0 amide bonds. The van der Waals surface area contributed by atoms with Crippen molar-refractivity contribution < 1.29 is 19.0 Å². The first-order valence-corrected chi connectivity index (χ1v) is 6.67. The highest BCUT2D eigenvalue weighted by molar-refractivity contribution is 7.09. The van der Waals surface area contributed by atoms with Crippen molar-refractivity contribution in [2.24, 2.45) is 0 Å². The van der Waals surface area contributed by atoms with Gasteiger partial charge in [-0.05, 0) is 30.7 Å². The number of hydrogen-bond donors (Lipinski definition) is 1. The smallest absolute Gasteiger partial charge is 0.328 e. The number of benzene rings is 1. The summed E-state index contributed by atoms with van der Waals surface area (Å²) in [6, 6.07) is 4.28. The summed E-state index contributed by atoms with van der Waals surface area (Å²) in [5.41, 5.74) is 1.37. The fourth-order valence-corrected chi connectivity index (χ4v) is 2.20. The van der Waals surface area contributed by atoms with Crippen molar-refractivity contribution in [1.29, 1.82) is 0 Å². The van der Waals surface area contributed by atoms with Crippen LogP contribution in [0.5, 0.6) is 5.75 Å². The Morgan fingerprint density at radius 3 is 2.95 bits per heavy atom. The number of aryl methyl sites for hydroxylation is 1. The first-order chi connectivity index (χ1) is 9.54. The van der Waals surface area contributed by atoms with Crippen LogP contribution in [0.3, 0.4) is 0 Å². The molecule has 2 aromatic rings. The molecule has 0 atom stereocenters. The SMILES string of the molecule is Cc1csc(COc2ccc(/C=C/C(=O)O)cc2F)n1. The molecule has 0 saturated carbocycles. The Hall–Kier alpha value is -2.21. The molecule has 2 rings (SSSR count). The zero-order chi connectivity index (χ0) is 14.5.